The Hall–Kier alpha value is -1.12. The molecule has 0 spiro atoms. The molecule has 1 aliphatic carbocycles. The second-order valence-corrected chi connectivity index (χ2v) is 4.24. The van der Waals surface area contributed by atoms with Gasteiger partial charge in [0.15, 0.2) is 5.82 Å². The Labute approximate surface area is 90.6 Å². The van der Waals surface area contributed by atoms with Crippen LogP contribution in [0.5, 0.6) is 0 Å². The fourth-order valence-electron chi connectivity index (χ4n) is 2.21. The fourth-order valence-corrected chi connectivity index (χ4v) is 2.21. The van der Waals surface area contributed by atoms with E-state index in [1.54, 1.807) is 6.08 Å². The van der Waals surface area contributed by atoms with Crippen LogP contribution in [0.15, 0.2) is 11.1 Å². The van der Waals surface area contributed by atoms with E-state index in [4.69, 9.17) is 4.52 Å². The smallest absolute Gasteiger partial charge is 0.250 e. The van der Waals surface area contributed by atoms with Crippen molar-refractivity contribution < 1.29 is 4.52 Å². The molecule has 1 aromatic rings. The molecule has 0 amide bonds. The van der Waals surface area contributed by atoms with Crippen molar-refractivity contribution in [3.63, 3.8) is 0 Å². The predicted octanol–water partition coefficient (Wildman–Crippen LogP) is 3.54. The van der Waals surface area contributed by atoms with Gasteiger partial charge in [0.25, 0.3) is 0 Å². The van der Waals surface area contributed by atoms with Gasteiger partial charge in [-0.15, -0.1) is 0 Å². The lowest BCUT2D eigenvalue weighted by Gasteiger charge is -2.15. The minimum atomic E-state index is 0.503. The second kappa shape index (κ2) is 5.10. The highest BCUT2D eigenvalue weighted by molar-refractivity contribution is 5.32. The monoisotopic (exact) mass is 206 g/mol. The van der Waals surface area contributed by atoms with E-state index in [1.165, 1.54) is 44.9 Å². The third kappa shape index (κ3) is 2.67. The highest BCUT2D eigenvalue weighted by atomic mass is 16.5. The molecule has 0 aromatic carbocycles. The van der Waals surface area contributed by atoms with Crippen LogP contribution in [-0.4, -0.2) is 10.1 Å². The lowest BCUT2D eigenvalue weighted by atomic mass is 9.91. The molecule has 0 saturated heterocycles. The Kier molecular flexibility index (Phi) is 3.54. The van der Waals surface area contributed by atoms with Crippen LogP contribution < -0.4 is 0 Å². The molecule has 3 heteroatoms. The summed E-state index contributed by atoms with van der Waals surface area (Å²) >= 11 is 0. The summed E-state index contributed by atoms with van der Waals surface area (Å²) in [6, 6.07) is 0. The molecule has 0 radical (unpaired) electrons. The van der Waals surface area contributed by atoms with E-state index in [2.05, 4.69) is 16.7 Å². The van der Waals surface area contributed by atoms with Gasteiger partial charge in [-0.05, 0) is 18.9 Å². The molecule has 3 nitrogen and oxygen atoms in total. The lowest BCUT2D eigenvalue weighted by Crippen LogP contribution is -2.04. The van der Waals surface area contributed by atoms with Gasteiger partial charge in [0.2, 0.25) is 5.89 Å². The van der Waals surface area contributed by atoms with Crippen molar-refractivity contribution in [2.24, 2.45) is 0 Å². The van der Waals surface area contributed by atoms with Gasteiger partial charge in [-0.25, -0.2) is 0 Å². The van der Waals surface area contributed by atoms with E-state index in [1.807, 2.05) is 0 Å². The van der Waals surface area contributed by atoms with Crippen LogP contribution in [0.1, 0.15) is 62.6 Å². The van der Waals surface area contributed by atoms with Crippen LogP contribution in [0.4, 0.5) is 0 Å². The van der Waals surface area contributed by atoms with Crippen molar-refractivity contribution in [3.05, 3.63) is 18.3 Å². The zero-order valence-electron chi connectivity index (χ0n) is 9.11. The molecule has 82 valence electrons. The first-order valence-corrected chi connectivity index (χ1v) is 5.86. The molecule has 0 N–H and O–H groups in total. The van der Waals surface area contributed by atoms with E-state index in [-0.39, 0.29) is 0 Å². The third-order valence-corrected chi connectivity index (χ3v) is 3.10. The molecule has 0 aliphatic heterocycles. The Morgan fingerprint density at radius 2 is 1.80 bits per heavy atom. The van der Waals surface area contributed by atoms with Crippen LogP contribution >= 0.6 is 0 Å². The Bertz CT molecular complexity index is 311. The maximum atomic E-state index is 5.06. The van der Waals surface area contributed by atoms with Crippen molar-refractivity contribution in [2.45, 2.75) is 50.9 Å². The normalized spacial score (nSPS) is 19.5. The lowest BCUT2D eigenvalue weighted by molar-refractivity contribution is 0.382. The van der Waals surface area contributed by atoms with Gasteiger partial charge in [0.05, 0.1) is 0 Å². The summed E-state index contributed by atoms with van der Waals surface area (Å²) in [7, 11) is 0. The summed E-state index contributed by atoms with van der Waals surface area (Å²) in [5, 5.41) is 4.03. The summed E-state index contributed by atoms with van der Waals surface area (Å²) in [5.41, 5.74) is 0. The van der Waals surface area contributed by atoms with E-state index in [0.717, 1.165) is 5.82 Å². The van der Waals surface area contributed by atoms with Crippen molar-refractivity contribution in [1.29, 1.82) is 0 Å². The van der Waals surface area contributed by atoms with Gasteiger partial charge in [0, 0.05) is 5.92 Å². The minimum absolute atomic E-state index is 0.503. The molecule has 0 unspecified atom stereocenters. The zero-order valence-corrected chi connectivity index (χ0v) is 9.11. The topological polar surface area (TPSA) is 38.9 Å². The average Bonchev–Trinajstić information content (AvgIpc) is 2.65. The number of nitrogens with zero attached hydrogens (tertiary/aromatic N) is 2. The summed E-state index contributed by atoms with van der Waals surface area (Å²) in [4.78, 5) is 4.33. The second-order valence-electron chi connectivity index (χ2n) is 4.24. The largest absolute Gasteiger partial charge is 0.335 e. The van der Waals surface area contributed by atoms with Crippen LogP contribution in [0.25, 0.3) is 6.08 Å². The van der Waals surface area contributed by atoms with Crippen LogP contribution in [0.3, 0.4) is 0 Å². The molecule has 1 heterocycles. The van der Waals surface area contributed by atoms with E-state index in [0.29, 0.717) is 11.8 Å². The van der Waals surface area contributed by atoms with Gasteiger partial charge in [0.1, 0.15) is 0 Å². The van der Waals surface area contributed by atoms with Crippen molar-refractivity contribution in [3.8, 4) is 0 Å². The van der Waals surface area contributed by atoms with Gasteiger partial charge < -0.3 is 4.52 Å². The van der Waals surface area contributed by atoms with E-state index in [9.17, 15) is 0 Å². The van der Waals surface area contributed by atoms with Gasteiger partial charge in [-0.3, -0.25) is 0 Å². The first kappa shape index (κ1) is 10.4. The molecular formula is C12H18N2O. The summed E-state index contributed by atoms with van der Waals surface area (Å²) in [6.45, 7) is 3.63. The molecule has 1 fully saturated rings. The zero-order chi connectivity index (χ0) is 10.5. The van der Waals surface area contributed by atoms with Crippen molar-refractivity contribution in [2.75, 3.05) is 0 Å². The molecular weight excluding hydrogens is 188 g/mol. The molecule has 0 bridgehead atoms. The van der Waals surface area contributed by atoms with Crippen LogP contribution in [0.2, 0.25) is 0 Å². The molecule has 1 aliphatic rings. The quantitative estimate of drug-likeness (QED) is 0.742. The molecule has 15 heavy (non-hydrogen) atoms. The highest BCUT2D eigenvalue weighted by Crippen LogP contribution is 2.29. The predicted molar refractivity (Wildman–Crippen MR) is 59.4 cm³/mol. The summed E-state index contributed by atoms with van der Waals surface area (Å²) < 4.78 is 5.06. The van der Waals surface area contributed by atoms with Crippen LogP contribution in [0, 0.1) is 0 Å². The third-order valence-electron chi connectivity index (χ3n) is 3.10. The molecule has 0 atom stereocenters. The van der Waals surface area contributed by atoms with E-state index >= 15 is 0 Å². The Balaban J connectivity index is 2.03. The fraction of sp³-hybridized carbons (Fsp3) is 0.667. The maximum Gasteiger partial charge on any atom is 0.250 e. The summed E-state index contributed by atoms with van der Waals surface area (Å²) in [6.07, 6.45) is 10.7. The SMILES string of the molecule is C=Cc1nc(C2CCCCCCC2)no1. The molecule has 2 rings (SSSR count). The molecule has 1 saturated carbocycles. The number of hydrogen-bond donors (Lipinski definition) is 0. The standard InChI is InChI=1S/C12H18N2O/c1-2-11-13-12(14-15-11)10-8-6-4-3-5-7-9-10/h2,10H,1,3-9H2. The summed E-state index contributed by atoms with van der Waals surface area (Å²) in [5.74, 6) is 1.93. The average molecular weight is 206 g/mol. The Morgan fingerprint density at radius 3 is 2.40 bits per heavy atom. The van der Waals surface area contributed by atoms with E-state index < -0.39 is 0 Å². The highest BCUT2D eigenvalue weighted by Gasteiger charge is 2.18. The van der Waals surface area contributed by atoms with Crippen LogP contribution in [-0.2, 0) is 0 Å². The van der Waals surface area contributed by atoms with Crippen molar-refractivity contribution in [1.82, 2.24) is 10.1 Å². The maximum absolute atomic E-state index is 5.06. The van der Waals surface area contributed by atoms with Gasteiger partial charge in [-0.1, -0.05) is 43.8 Å². The van der Waals surface area contributed by atoms with Crippen molar-refractivity contribution >= 4 is 6.08 Å². The molecule has 1 aromatic heterocycles. The number of hydrogen-bond acceptors (Lipinski definition) is 3. The first-order chi connectivity index (χ1) is 7.40. The number of rotatable bonds is 2. The minimum Gasteiger partial charge on any atom is -0.335 e. The number of aromatic nitrogens is 2. The Morgan fingerprint density at radius 1 is 1.13 bits per heavy atom. The van der Waals surface area contributed by atoms with Gasteiger partial charge in [-0.2, -0.15) is 4.98 Å². The first-order valence-electron chi connectivity index (χ1n) is 5.86. The van der Waals surface area contributed by atoms with Gasteiger partial charge >= 0.3 is 0 Å².